The molecule has 0 amide bonds. The fourth-order valence-electron chi connectivity index (χ4n) is 4.15. The third kappa shape index (κ3) is 7.67. The largest absolute Gasteiger partial charge is 0.509 e. The molecule has 0 saturated heterocycles. The normalized spacial score (nSPS) is 12.4. The maximum Gasteiger partial charge on any atom is 0.509 e. The van der Waals surface area contributed by atoms with Gasteiger partial charge in [-0.2, -0.15) is 0 Å². The van der Waals surface area contributed by atoms with Crippen LogP contribution in [0.3, 0.4) is 0 Å². The van der Waals surface area contributed by atoms with Crippen molar-refractivity contribution in [3.8, 4) is 23.0 Å². The zero-order valence-electron chi connectivity index (χ0n) is 20.7. The van der Waals surface area contributed by atoms with Gasteiger partial charge in [-0.25, -0.2) is 4.79 Å². The molecule has 0 heterocycles. The van der Waals surface area contributed by atoms with Crippen molar-refractivity contribution in [2.24, 2.45) is 0 Å². The summed E-state index contributed by atoms with van der Waals surface area (Å²) in [5.41, 5.74) is 3.37. The van der Waals surface area contributed by atoms with Crippen LogP contribution in [0, 0.1) is 0 Å². The highest BCUT2D eigenvalue weighted by Crippen LogP contribution is 2.30. The van der Waals surface area contributed by atoms with Gasteiger partial charge >= 0.3 is 6.16 Å². The average molecular weight is 515 g/mol. The lowest BCUT2D eigenvalue weighted by Gasteiger charge is -2.22. The molecule has 0 spiro atoms. The molecule has 0 aromatic heterocycles. The van der Waals surface area contributed by atoms with Gasteiger partial charge in [0.1, 0.15) is 35.2 Å². The van der Waals surface area contributed by atoms with Crippen LogP contribution in [0.2, 0.25) is 0 Å². The lowest BCUT2D eigenvalue weighted by atomic mass is 10.0. The van der Waals surface area contributed by atoms with Gasteiger partial charge in [0.25, 0.3) is 0 Å². The van der Waals surface area contributed by atoms with E-state index in [1.165, 1.54) is 24.3 Å². The summed E-state index contributed by atoms with van der Waals surface area (Å²) in [6.07, 6.45) is -0.00579. The first-order valence-electron chi connectivity index (χ1n) is 12.4. The lowest BCUT2D eigenvalue weighted by Crippen LogP contribution is -2.17. The number of ether oxygens (including phenoxy) is 2. The summed E-state index contributed by atoms with van der Waals surface area (Å²) in [5, 5.41) is 38.5. The zero-order valence-corrected chi connectivity index (χ0v) is 20.7. The Hall–Kier alpha value is -4.65. The number of carbonyl (C=O) groups excluding carboxylic acids is 1. The molecule has 2 unspecified atom stereocenters. The van der Waals surface area contributed by atoms with Crippen LogP contribution in [-0.2, 0) is 22.3 Å². The molecule has 0 saturated carbocycles. The first kappa shape index (κ1) is 26.4. The molecule has 4 N–H and O–H groups in total. The van der Waals surface area contributed by atoms with Crippen LogP contribution in [0.15, 0.2) is 97.1 Å². The number of hydrogen-bond acceptors (Lipinski definition) is 7. The Morgan fingerprint density at radius 1 is 0.500 bits per heavy atom. The Morgan fingerprint density at radius 2 is 0.789 bits per heavy atom. The summed E-state index contributed by atoms with van der Waals surface area (Å²) in [5.74, 6) is 0.568. The molecule has 0 aliphatic heterocycles. The van der Waals surface area contributed by atoms with Crippen molar-refractivity contribution < 1.29 is 34.7 Å². The Kier molecular flexibility index (Phi) is 8.72. The van der Waals surface area contributed by atoms with Gasteiger partial charge in [-0.05, 0) is 96.5 Å². The Labute approximate surface area is 221 Å². The van der Waals surface area contributed by atoms with E-state index in [9.17, 15) is 25.2 Å². The van der Waals surface area contributed by atoms with Gasteiger partial charge in [0.15, 0.2) is 0 Å². The number of aromatic hydroxyl groups is 4. The third-order valence-electron chi connectivity index (χ3n) is 6.27. The molecule has 0 aliphatic rings. The SMILES string of the molecule is O=C(OC(CCc1ccc(O)cc1)c1ccc(O)cc1)OC(CCc1ccc(O)cc1)c1ccc(O)cc1. The van der Waals surface area contributed by atoms with Gasteiger partial charge in [0, 0.05) is 0 Å². The van der Waals surface area contributed by atoms with E-state index in [1.807, 2.05) is 24.3 Å². The second-order valence-corrected chi connectivity index (χ2v) is 9.06. The predicted octanol–water partition coefficient (Wildman–Crippen LogP) is 6.71. The molecule has 196 valence electrons. The van der Waals surface area contributed by atoms with Gasteiger partial charge in [0.2, 0.25) is 0 Å². The van der Waals surface area contributed by atoms with E-state index >= 15 is 0 Å². The maximum atomic E-state index is 13.0. The van der Waals surface area contributed by atoms with Gasteiger partial charge in [0.05, 0.1) is 0 Å². The van der Waals surface area contributed by atoms with E-state index in [-0.39, 0.29) is 23.0 Å². The smallest absolute Gasteiger partial charge is 0.508 e. The highest BCUT2D eigenvalue weighted by atomic mass is 16.7. The molecular weight excluding hydrogens is 484 g/mol. The average Bonchev–Trinajstić information content (AvgIpc) is 2.92. The summed E-state index contributed by atoms with van der Waals surface area (Å²) in [4.78, 5) is 13.0. The van der Waals surface area contributed by atoms with E-state index in [2.05, 4.69) is 0 Å². The zero-order chi connectivity index (χ0) is 26.9. The van der Waals surface area contributed by atoms with Crippen molar-refractivity contribution in [1.82, 2.24) is 0 Å². The molecule has 4 aromatic rings. The quantitative estimate of drug-likeness (QED) is 0.174. The number of phenolic OH excluding ortho intramolecular Hbond substituents is 4. The minimum absolute atomic E-state index is 0.107. The van der Waals surface area contributed by atoms with E-state index in [4.69, 9.17) is 9.47 Å². The molecule has 0 aliphatic carbocycles. The van der Waals surface area contributed by atoms with E-state index in [0.717, 1.165) is 11.1 Å². The highest BCUT2D eigenvalue weighted by Gasteiger charge is 2.23. The van der Waals surface area contributed by atoms with Crippen molar-refractivity contribution in [3.05, 3.63) is 119 Å². The van der Waals surface area contributed by atoms with Crippen LogP contribution >= 0.6 is 0 Å². The predicted molar refractivity (Wildman–Crippen MR) is 142 cm³/mol. The summed E-state index contributed by atoms with van der Waals surface area (Å²) in [6.45, 7) is 0. The van der Waals surface area contributed by atoms with E-state index < -0.39 is 18.4 Å². The Bertz CT molecular complexity index is 1200. The number of phenols is 4. The maximum absolute atomic E-state index is 13.0. The number of carbonyl (C=O) groups is 1. The lowest BCUT2D eigenvalue weighted by molar-refractivity contribution is -0.00737. The highest BCUT2D eigenvalue weighted by molar-refractivity contribution is 5.61. The fourth-order valence-corrected chi connectivity index (χ4v) is 4.15. The van der Waals surface area contributed by atoms with Crippen LogP contribution in [0.5, 0.6) is 23.0 Å². The van der Waals surface area contributed by atoms with Crippen molar-refractivity contribution in [2.75, 3.05) is 0 Å². The molecule has 4 rings (SSSR count). The van der Waals surface area contributed by atoms with Gasteiger partial charge in [-0.3, -0.25) is 0 Å². The standard InChI is InChI=1S/C31H30O7/c32-25-11-1-21(2-12-25)5-19-29(23-7-15-27(34)16-8-23)37-31(36)38-30(24-9-17-28(35)18-10-24)20-6-22-3-13-26(33)14-4-22/h1-4,7-18,29-30,32-35H,5-6,19-20H2. The number of rotatable bonds is 10. The van der Waals surface area contributed by atoms with Crippen LogP contribution in [0.4, 0.5) is 4.79 Å². The van der Waals surface area contributed by atoms with Gasteiger partial charge < -0.3 is 29.9 Å². The number of hydrogen-bond donors (Lipinski definition) is 4. The van der Waals surface area contributed by atoms with Crippen LogP contribution in [0.1, 0.15) is 47.3 Å². The van der Waals surface area contributed by atoms with E-state index in [1.54, 1.807) is 48.5 Å². The minimum Gasteiger partial charge on any atom is -0.508 e. The molecule has 0 radical (unpaired) electrons. The van der Waals surface area contributed by atoms with Crippen LogP contribution in [-0.4, -0.2) is 26.6 Å². The second kappa shape index (κ2) is 12.5. The van der Waals surface area contributed by atoms with Crippen LogP contribution < -0.4 is 0 Å². The van der Waals surface area contributed by atoms with Crippen LogP contribution in [0.25, 0.3) is 0 Å². The molecule has 38 heavy (non-hydrogen) atoms. The second-order valence-electron chi connectivity index (χ2n) is 9.06. The minimum atomic E-state index is -0.836. The summed E-state index contributed by atoms with van der Waals surface area (Å²) >= 11 is 0. The summed E-state index contributed by atoms with van der Waals surface area (Å²) < 4.78 is 11.6. The molecule has 0 fully saturated rings. The Morgan fingerprint density at radius 3 is 1.11 bits per heavy atom. The van der Waals surface area contributed by atoms with Crippen molar-refractivity contribution in [2.45, 2.75) is 37.9 Å². The molecule has 0 bridgehead atoms. The van der Waals surface area contributed by atoms with E-state index in [0.29, 0.717) is 36.8 Å². The molecule has 7 nitrogen and oxygen atoms in total. The number of aryl methyl sites for hydroxylation is 2. The molecule has 4 aromatic carbocycles. The molecule has 7 heteroatoms. The third-order valence-corrected chi connectivity index (χ3v) is 6.27. The van der Waals surface area contributed by atoms with Crippen molar-refractivity contribution in [3.63, 3.8) is 0 Å². The summed E-state index contributed by atoms with van der Waals surface area (Å²) in [6, 6.07) is 26.6. The molecule has 2 atom stereocenters. The van der Waals surface area contributed by atoms with Crippen molar-refractivity contribution >= 4 is 6.16 Å². The Balaban J connectivity index is 1.48. The monoisotopic (exact) mass is 514 g/mol. The topological polar surface area (TPSA) is 116 Å². The first-order chi connectivity index (χ1) is 18.4. The van der Waals surface area contributed by atoms with Crippen molar-refractivity contribution in [1.29, 1.82) is 0 Å². The van der Waals surface area contributed by atoms with Gasteiger partial charge in [-0.15, -0.1) is 0 Å². The summed E-state index contributed by atoms with van der Waals surface area (Å²) in [7, 11) is 0. The van der Waals surface area contributed by atoms with Gasteiger partial charge in [-0.1, -0.05) is 48.5 Å². The first-order valence-corrected chi connectivity index (χ1v) is 12.4. The number of benzene rings is 4. The fraction of sp³-hybridized carbons (Fsp3) is 0.194. The molecular formula is C31H30O7.